The van der Waals surface area contributed by atoms with E-state index in [1.165, 1.54) is 76.9 Å². The number of benzene rings is 6. The fraction of sp³-hybridized carbons (Fsp3) is 0.0667. The fourth-order valence-corrected chi connectivity index (χ4v) is 6.62. The van der Waals surface area contributed by atoms with E-state index in [1.807, 2.05) is 12.2 Å². The third kappa shape index (κ3) is 10.4. The van der Waals surface area contributed by atoms with E-state index >= 15 is 0 Å². The Bertz CT molecular complexity index is 1980. The Morgan fingerprint density at radius 1 is 0.571 bits per heavy atom. The average molecular weight is 756 g/mol. The van der Waals surface area contributed by atoms with Crippen LogP contribution in [0.2, 0.25) is 0 Å². The number of halogens is 2. The van der Waals surface area contributed by atoms with Crippen molar-refractivity contribution in [3.63, 3.8) is 0 Å². The van der Waals surface area contributed by atoms with Gasteiger partial charge in [0.05, 0.1) is 0 Å². The summed E-state index contributed by atoms with van der Waals surface area (Å²) in [6.07, 6.45) is 10.0. The van der Waals surface area contributed by atoms with Crippen molar-refractivity contribution >= 4 is 55.3 Å². The van der Waals surface area contributed by atoms with Crippen LogP contribution in [0.25, 0.3) is 21.5 Å². The Hall–Kier alpha value is -4.20. The fourth-order valence-electron chi connectivity index (χ4n) is 5.80. The standard InChI is InChI=1S/C27H22N.C13H10.C5H5.2ClH.Zr/c1-3-10-21(11-4-1)19-28(20-22-12-5-2-6-13-22)26-17-9-15-24-18-23-14-7-8-16-25(23)27(24)26;1-3-7-12(8-4-1)11-13-9-5-2-6-10-13;1-2-4-5-3-1;;;/h1-18H,19-20H2;1-10H;1-3H,4H2;2*1H;/q-1;;-1;;;+2. The number of rotatable bonds is 7. The summed E-state index contributed by atoms with van der Waals surface area (Å²) in [6, 6.07) is 60.3. The molecule has 7 aromatic carbocycles. The predicted molar refractivity (Wildman–Crippen MR) is 212 cm³/mol. The molecule has 7 aromatic rings. The monoisotopic (exact) mass is 753 g/mol. The largest absolute Gasteiger partial charge is 0.369 e. The first-order valence-corrected chi connectivity index (χ1v) is 17.3. The zero-order valence-corrected chi connectivity index (χ0v) is 31.4. The van der Waals surface area contributed by atoms with E-state index in [2.05, 4.69) is 187 Å². The van der Waals surface area contributed by atoms with Crippen LogP contribution >= 0.6 is 24.8 Å². The number of fused-ring (bicyclic) bond motifs is 3. The van der Waals surface area contributed by atoms with Crippen LogP contribution < -0.4 is 4.90 Å². The van der Waals surface area contributed by atoms with Crippen molar-refractivity contribution < 1.29 is 24.2 Å². The first-order chi connectivity index (χ1) is 23.3. The van der Waals surface area contributed by atoms with Crippen LogP contribution in [0.4, 0.5) is 5.69 Å². The molecule has 0 aromatic heterocycles. The van der Waals surface area contributed by atoms with Crippen molar-refractivity contribution in [3.05, 3.63) is 216 Å². The number of hydrogen-bond donors (Lipinski definition) is 0. The van der Waals surface area contributed by atoms with Crippen LogP contribution in [0, 0.1) is 6.08 Å². The van der Waals surface area contributed by atoms with Gasteiger partial charge in [0, 0.05) is 18.8 Å². The molecule has 4 heteroatoms. The van der Waals surface area contributed by atoms with E-state index in [9.17, 15) is 0 Å². The van der Waals surface area contributed by atoms with E-state index < -0.39 is 0 Å². The predicted octanol–water partition coefficient (Wildman–Crippen LogP) is 11.9. The van der Waals surface area contributed by atoms with Gasteiger partial charge < -0.3 is 4.90 Å². The van der Waals surface area contributed by atoms with Crippen molar-refractivity contribution in [1.29, 1.82) is 0 Å². The van der Waals surface area contributed by atoms with Gasteiger partial charge in [-0.1, -0.05) is 96.4 Å². The summed E-state index contributed by atoms with van der Waals surface area (Å²) in [6.45, 7) is 1.77. The molecule has 0 amide bonds. The van der Waals surface area contributed by atoms with Gasteiger partial charge in [-0.25, -0.2) is 12.2 Å². The molecule has 0 N–H and O–H groups in total. The summed E-state index contributed by atoms with van der Waals surface area (Å²) in [4.78, 5) is 2.50. The molecule has 49 heavy (non-hydrogen) atoms. The van der Waals surface area contributed by atoms with Gasteiger partial charge in [0.2, 0.25) is 0 Å². The molecule has 0 aliphatic heterocycles. The molecule has 0 heterocycles. The second-order valence-corrected chi connectivity index (χ2v) is 12.6. The molecule has 0 saturated heterocycles. The third-order valence-electron chi connectivity index (χ3n) is 8.10. The summed E-state index contributed by atoms with van der Waals surface area (Å²) in [5.41, 5.74) is 6.61. The number of hydrogen-bond acceptors (Lipinski definition) is 1. The van der Waals surface area contributed by atoms with Crippen molar-refractivity contribution in [2.45, 2.75) is 19.5 Å². The second kappa shape index (κ2) is 19.7. The van der Waals surface area contributed by atoms with Crippen molar-refractivity contribution in [2.75, 3.05) is 4.90 Å². The van der Waals surface area contributed by atoms with Gasteiger partial charge in [0.25, 0.3) is 0 Å². The Balaban J connectivity index is 0.000000215. The first kappa shape index (κ1) is 37.6. The molecule has 1 nitrogen and oxygen atoms in total. The third-order valence-corrected chi connectivity index (χ3v) is 9.52. The Morgan fingerprint density at radius 3 is 1.55 bits per heavy atom. The summed E-state index contributed by atoms with van der Waals surface area (Å²) in [7, 11) is 0. The summed E-state index contributed by atoms with van der Waals surface area (Å²) in [5.74, 6) is 0. The summed E-state index contributed by atoms with van der Waals surface area (Å²) >= 11 is 1.46. The minimum atomic E-state index is 0. The van der Waals surface area contributed by atoms with Crippen LogP contribution in [0.3, 0.4) is 0 Å². The van der Waals surface area contributed by atoms with E-state index in [4.69, 9.17) is 0 Å². The molecule has 0 spiro atoms. The van der Waals surface area contributed by atoms with Crippen molar-refractivity contribution in [2.24, 2.45) is 0 Å². The molecule has 0 saturated carbocycles. The van der Waals surface area contributed by atoms with Gasteiger partial charge in [-0.3, -0.25) is 6.08 Å². The first-order valence-electron chi connectivity index (χ1n) is 16.1. The summed E-state index contributed by atoms with van der Waals surface area (Å²) in [5, 5.41) is 5.30. The van der Waals surface area contributed by atoms with E-state index in [-0.39, 0.29) is 24.8 Å². The van der Waals surface area contributed by atoms with Gasteiger partial charge in [-0.15, -0.1) is 65.6 Å². The molecular formula is C45H39Cl2NZr. The van der Waals surface area contributed by atoms with Crippen LogP contribution in [-0.4, -0.2) is 3.21 Å². The van der Waals surface area contributed by atoms with Gasteiger partial charge in [0.1, 0.15) is 0 Å². The van der Waals surface area contributed by atoms with Crippen molar-refractivity contribution in [3.8, 4) is 0 Å². The van der Waals surface area contributed by atoms with E-state index in [0.29, 0.717) is 0 Å². The van der Waals surface area contributed by atoms with Crippen LogP contribution in [0.15, 0.2) is 188 Å². The van der Waals surface area contributed by atoms with Crippen LogP contribution in [0.5, 0.6) is 0 Å². The second-order valence-electron chi connectivity index (χ2n) is 11.4. The van der Waals surface area contributed by atoms with Gasteiger partial charge in [-0.05, 0) is 11.1 Å². The summed E-state index contributed by atoms with van der Waals surface area (Å²) < 4.78 is 1.42. The molecule has 1 aliphatic carbocycles. The zero-order chi connectivity index (χ0) is 32.1. The smallest absolute Gasteiger partial charge is 0.0427 e. The van der Waals surface area contributed by atoms with Crippen molar-refractivity contribution in [1.82, 2.24) is 0 Å². The van der Waals surface area contributed by atoms with Crippen LogP contribution in [0.1, 0.15) is 28.7 Å². The van der Waals surface area contributed by atoms with Gasteiger partial charge >= 0.3 is 99.2 Å². The maximum atomic E-state index is 2.99. The number of nitrogens with zero attached hydrogens (tertiary/aromatic N) is 1. The van der Waals surface area contributed by atoms with E-state index in [1.54, 1.807) is 0 Å². The molecular weight excluding hydrogens is 717 g/mol. The minimum absolute atomic E-state index is 0. The molecule has 0 fully saturated rings. The molecule has 242 valence electrons. The normalized spacial score (nSPS) is 11.0. The number of allylic oxidation sites excluding steroid dienone is 4. The maximum Gasteiger partial charge on any atom is 0.0427 e. The zero-order valence-electron chi connectivity index (χ0n) is 27.3. The maximum absolute atomic E-state index is 2.99. The quantitative estimate of drug-likeness (QED) is 0.146. The average Bonchev–Trinajstić information content (AvgIpc) is 3.86. The topological polar surface area (TPSA) is 3.24 Å². The van der Waals surface area contributed by atoms with Gasteiger partial charge in [-0.2, -0.15) is 6.08 Å². The molecule has 0 unspecified atom stereocenters. The SMILES string of the molecule is Cl.Cl.[C-]1=CC=CC1.[Zr+2]=[C](c1ccccc1)c1ccccc1.c1ccc(CN(Cc2ccccc2)c2cccc3[cH-]c4ccccc4c23)cc1. The Labute approximate surface area is 318 Å². The van der Waals surface area contributed by atoms with E-state index in [0.717, 1.165) is 19.5 Å². The molecule has 1 aliphatic rings. The molecule has 8 rings (SSSR count). The minimum Gasteiger partial charge on any atom is -0.369 e. The Kier molecular flexibility index (Phi) is 15.1. The number of anilines is 1. The van der Waals surface area contributed by atoms with Gasteiger partial charge in [0.15, 0.2) is 0 Å². The molecule has 0 atom stereocenters. The Morgan fingerprint density at radius 2 is 1.06 bits per heavy atom. The molecule has 0 bridgehead atoms. The molecule has 0 radical (unpaired) electrons. The van der Waals surface area contributed by atoms with Crippen LogP contribution in [-0.2, 0) is 37.3 Å².